The standard InChI is InChI=1S/C13H19BrFN/c1-3-5-9(2)8-12(16)13-10(14)6-4-7-11(13)15/h4,6-7,9,12H,3,5,8,16H2,1-2H3. The number of benzene rings is 1. The second kappa shape index (κ2) is 6.36. The van der Waals surface area contributed by atoms with Crippen molar-refractivity contribution in [2.75, 3.05) is 0 Å². The molecule has 2 N–H and O–H groups in total. The van der Waals surface area contributed by atoms with Gasteiger partial charge in [-0.3, -0.25) is 0 Å². The van der Waals surface area contributed by atoms with Crippen molar-refractivity contribution >= 4 is 15.9 Å². The zero-order valence-electron chi connectivity index (χ0n) is 9.84. The van der Waals surface area contributed by atoms with Crippen LogP contribution in [0, 0.1) is 11.7 Å². The largest absolute Gasteiger partial charge is 0.324 e. The molecule has 0 amide bonds. The van der Waals surface area contributed by atoms with Crippen molar-refractivity contribution in [2.45, 2.75) is 39.2 Å². The van der Waals surface area contributed by atoms with Gasteiger partial charge in [-0.05, 0) is 24.5 Å². The van der Waals surface area contributed by atoms with Crippen molar-refractivity contribution in [3.8, 4) is 0 Å². The highest BCUT2D eigenvalue weighted by atomic mass is 79.9. The quantitative estimate of drug-likeness (QED) is 0.853. The molecule has 0 fully saturated rings. The van der Waals surface area contributed by atoms with E-state index in [0.29, 0.717) is 11.5 Å². The lowest BCUT2D eigenvalue weighted by Gasteiger charge is -2.18. The topological polar surface area (TPSA) is 26.0 Å². The van der Waals surface area contributed by atoms with Gasteiger partial charge in [-0.1, -0.05) is 48.7 Å². The van der Waals surface area contributed by atoms with Crippen molar-refractivity contribution in [3.05, 3.63) is 34.1 Å². The second-order valence-corrected chi connectivity index (χ2v) is 5.23. The van der Waals surface area contributed by atoms with E-state index < -0.39 is 0 Å². The fraction of sp³-hybridized carbons (Fsp3) is 0.538. The monoisotopic (exact) mass is 287 g/mol. The summed E-state index contributed by atoms with van der Waals surface area (Å²) >= 11 is 3.36. The Hall–Kier alpha value is -0.410. The second-order valence-electron chi connectivity index (χ2n) is 4.37. The summed E-state index contributed by atoms with van der Waals surface area (Å²) in [5, 5.41) is 0. The summed E-state index contributed by atoms with van der Waals surface area (Å²) in [5.41, 5.74) is 6.66. The molecule has 0 aliphatic heterocycles. The molecule has 0 aliphatic carbocycles. The lowest BCUT2D eigenvalue weighted by atomic mass is 9.93. The number of hydrogen-bond donors (Lipinski definition) is 1. The fourth-order valence-corrected chi connectivity index (χ4v) is 2.66. The number of rotatable bonds is 5. The number of halogens is 2. The molecular formula is C13H19BrFN. The van der Waals surface area contributed by atoms with Crippen LogP contribution in [-0.2, 0) is 0 Å². The van der Waals surface area contributed by atoms with Gasteiger partial charge in [0.25, 0.3) is 0 Å². The van der Waals surface area contributed by atoms with E-state index in [2.05, 4.69) is 29.8 Å². The van der Waals surface area contributed by atoms with Crippen molar-refractivity contribution in [3.63, 3.8) is 0 Å². The summed E-state index contributed by atoms with van der Waals surface area (Å²) in [6.07, 6.45) is 3.11. The van der Waals surface area contributed by atoms with Gasteiger partial charge in [-0.25, -0.2) is 4.39 Å². The van der Waals surface area contributed by atoms with Crippen LogP contribution in [-0.4, -0.2) is 0 Å². The van der Waals surface area contributed by atoms with Gasteiger partial charge >= 0.3 is 0 Å². The fourth-order valence-electron chi connectivity index (χ4n) is 2.03. The maximum atomic E-state index is 13.6. The molecule has 2 atom stereocenters. The highest BCUT2D eigenvalue weighted by molar-refractivity contribution is 9.10. The van der Waals surface area contributed by atoms with Crippen molar-refractivity contribution in [1.29, 1.82) is 0 Å². The molecule has 2 unspecified atom stereocenters. The average molecular weight is 288 g/mol. The Bertz CT molecular complexity index is 320. The van der Waals surface area contributed by atoms with E-state index in [9.17, 15) is 4.39 Å². The van der Waals surface area contributed by atoms with Crippen LogP contribution in [0.1, 0.15) is 44.7 Å². The van der Waals surface area contributed by atoms with Gasteiger partial charge in [0.1, 0.15) is 5.82 Å². The Balaban J connectivity index is 2.76. The van der Waals surface area contributed by atoms with Crippen LogP contribution in [0.2, 0.25) is 0 Å². The number of hydrogen-bond acceptors (Lipinski definition) is 1. The van der Waals surface area contributed by atoms with Gasteiger partial charge < -0.3 is 5.73 Å². The van der Waals surface area contributed by atoms with E-state index in [1.165, 1.54) is 6.07 Å². The van der Waals surface area contributed by atoms with Gasteiger partial charge in [0.2, 0.25) is 0 Å². The third-order valence-corrected chi connectivity index (χ3v) is 3.50. The molecule has 0 aliphatic rings. The van der Waals surface area contributed by atoms with Crippen LogP contribution in [0.25, 0.3) is 0 Å². The molecule has 90 valence electrons. The molecule has 0 radical (unpaired) electrons. The molecule has 1 rings (SSSR count). The maximum Gasteiger partial charge on any atom is 0.129 e. The lowest BCUT2D eigenvalue weighted by molar-refractivity contribution is 0.430. The lowest BCUT2D eigenvalue weighted by Crippen LogP contribution is -2.16. The summed E-state index contributed by atoms with van der Waals surface area (Å²) in [5.74, 6) is 0.317. The molecule has 0 heterocycles. The van der Waals surface area contributed by atoms with Gasteiger partial charge in [0.05, 0.1) is 0 Å². The van der Waals surface area contributed by atoms with E-state index in [-0.39, 0.29) is 11.9 Å². The maximum absolute atomic E-state index is 13.6. The van der Waals surface area contributed by atoms with E-state index in [1.807, 2.05) is 6.07 Å². The Labute approximate surface area is 105 Å². The minimum absolute atomic E-state index is 0.217. The van der Waals surface area contributed by atoms with Crippen molar-refractivity contribution in [1.82, 2.24) is 0 Å². The van der Waals surface area contributed by atoms with E-state index in [0.717, 1.165) is 23.7 Å². The number of nitrogens with two attached hydrogens (primary N) is 1. The summed E-state index contributed by atoms with van der Waals surface area (Å²) < 4.78 is 14.4. The third-order valence-electron chi connectivity index (χ3n) is 2.81. The van der Waals surface area contributed by atoms with Crippen LogP contribution in [0.4, 0.5) is 4.39 Å². The first-order valence-corrected chi connectivity index (χ1v) is 6.55. The molecule has 0 spiro atoms. The smallest absolute Gasteiger partial charge is 0.129 e. The Morgan fingerprint density at radius 2 is 2.12 bits per heavy atom. The molecule has 0 bridgehead atoms. The highest BCUT2D eigenvalue weighted by Crippen LogP contribution is 2.29. The average Bonchev–Trinajstić information content (AvgIpc) is 2.17. The van der Waals surface area contributed by atoms with Gasteiger partial charge in [-0.2, -0.15) is 0 Å². The van der Waals surface area contributed by atoms with Gasteiger partial charge in [-0.15, -0.1) is 0 Å². The molecule has 1 aromatic carbocycles. The Kier molecular flexibility index (Phi) is 5.42. The van der Waals surface area contributed by atoms with Gasteiger partial charge in [0, 0.05) is 16.1 Å². The molecule has 0 saturated heterocycles. The van der Waals surface area contributed by atoms with E-state index in [1.54, 1.807) is 6.07 Å². The molecule has 0 aromatic heterocycles. The molecule has 1 nitrogen and oxygen atoms in total. The zero-order valence-corrected chi connectivity index (χ0v) is 11.4. The van der Waals surface area contributed by atoms with Crippen LogP contribution in [0.3, 0.4) is 0 Å². The summed E-state index contributed by atoms with van der Waals surface area (Å²) in [4.78, 5) is 0. The highest BCUT2D eigenvalue weighted by Gasteiger charge is 2.17. The van der Waals surface area contributed by atoms with E-state index >= 15 is 0 Å². The normalized spacial score (nSPS) is 14.8. The molecule has 3 heteroatoms. The van der Waals surface area contributed by atoms with Crippen LogP contribution in [0.5, 0.6) is 0 Å². The summed E-state index contributed by atoms with van der Waals surface area (Å²) in [6, 6.07) is 4.76. The van der Waals surface area contributed by atoms with Crippen molar-refractivity contribution < 1.29 is 4.39 Å². The minimum Gasteiger partial charge on any atom is -0.324 e. The predicted molar refractivity (Wildman–Crippen MR) is 69.7 cm³/mol. The summed E-state index contributed by atoms with van der Waals surface area (Å²) in [7, 11) is 0. The van der Waals surface area contributed by atoms with E-state index in [4.69, 9.17) is 5.73 Å². The first-order valence-electron chi connectivity index (χ1n) is 5.75. The predicted octanol–water partition coefficient (Wildman–Crippen LogP) is 4.41. The third kappa shape index (κ3) is 3.56. The first-order chi connectivity index (χ1) is 7.56. The molecule has 0 saturated carbocycles. The van der Waals surface area contributed by atoms with Crippen LogP contribution in [0.15, 0.2) is 22.7 Å². The first kappa shape index (κ1) is 13.7. The SMILES string of the molecule is CCCC(C)CC(N)c1c(F)cccc1Br. The van der Waals surface area contributed by atoms with Gasteiger partial charge in [0.15, 0.2) is 0 Å². The van der Waals surface area contributed by atoms with Crippen LogP contribution < -0.4 is 5.73 Å². The Morgan fingerprint density at radius 1 is 1.44 bits per heavy atom. The Morgan fingerprint density at radius 3 is 2.69 bits per heavy atom. The molecular weight excluding hydrogens is 269 g/mol. The molecule has 16 heavy (non-hydrogen) atoms. The minimum atomic E-state index is -0.225. The molecule has 1 aromatic rings. The zero-order chi connectivity index (χ0) is 12.1. The van der Waals surface area contributed by atoms with Crippen molar-refractivity contribution in [2.24, 2.45) is 11.7 Å². The van der Waals surface area contributed by atoms with Crippen LogP contribution >= 0.6 is 15.9 Å². The summed E-state index contributed by atoms with van der Waals surface area (Å²) in [6.45, 7) is 4.32.